The molecule has 2 heterocycles. The molecule has 0 aliphatic carbocycles. The Morgan fingerprint density at radius 3 is 2.36 bits per heavy atom. The van der Waals surface area contributed by atoms with Crippen LogP contribution < -0.4 is 0 Å². The van der Waals surface area contributed by atoms with Crippen molar-refractivity contribution in [2.75, 3.05) is 26.2 Å². The van der Waals surface area contributed by atoms with E-state index in [2.05, 4.69) is 50.7 Å². The van der Waals surface area contributed by atoms with Gasteiger partial charge < -0.3 is 14.9 Å². The van der Waals surface area contributed by atoms with Gasteiger partial charge >= 0.3 is 6.09 Å². The first-order valence-corrected chi connectivity index (χ1v) is 14.9. The van der Waals surface area contributed by atoms with Gasteiger partial charge in [-0.05, 0) is 61.2 Å². The van der Waals surface area contributed by atoms with E-state index in [1.165, 1.54) is 22.6 Å². The molecule has 11 nitrogen and oxygen atoms in total. The van der Waals surface area contributed by atoms with Crippen molar-refractivity contribution in [1.29, 1.82) is 0 Å². The third-order valence-corrected chi connectivity index (χ3v) is 8.09. The third-order valence-electron chi connectivity index (χ3n) is 8.09. The monoisotopic (exact) mass is 595 g/mol. The molecule has 0 bridgehead atoms. The summed E-state index contributed by atoms with van der Waals surface area (Å²) < 4.78 is 0. The van der Waals surface area contributed by atoms with Crippen LogP contribution in [0.2, 0.25) is 0 Å². The average molecular weight is 596 g/mol. The number of tetrazole rings is 1. The van der Waals surface area contributed by atoms with Gasteiger partial charge in [0.05, 0.1) is 11.5 Å². The predicted molar refractivity (Wildman–Crippen MR) is 167 cm³/mol. The largest absolute Gasteiger partial charge is 0.465 e. The number of hydrogen-bond donors (Lipinski definition) is 1. The van der Waals surface area contributed by atoms with Gasteiger partial charge in [0.1, 0.15) is 0 Å². The molecule has 0 radical (unpaired) electrons. The van der Waals surface area contributed by atoms with Gasteiger partial charge in [-0.2, -0.15) is 4.80 Å². The van der Waals surface area contributed by atoms with Gasteiger partial charge in [0, 0.05) is 36.7 Å². The number of carboxylic acid groups (broad SMARTS) is 1. The molecule has 1 unspecified atom stereocenters. The number of amides is 1. The molecule has 0 saturated carbocycles. The number of benzene rings is 3. The fraction of sp³-hybridized carbons (Fsp3) is 0.333. The Morgan fingerprint density at radius 1 is 1.02 bits per heavy atom. The summed E-state index contributed by atoms with van der Waals surface area (Å²) in [6, 6.07) is 26.4. The molecule has 5 rings (SSSR count). The van der Waals surface area contributed by atoms with Crippen molar-refractivity contribution < 1.29 is 14.8 Å². The van der Waals surface area contributed by atoms with Crippen LogP contribution in [-0.2, 0) is 13.1 Å². The van der Waals surface area contributed by atoms with Crippen LogP contribution in [0.15, 0.2) is 97.1 Å². The van der Waals surface area contributed by atoms with Crippen molar-refractivity contribution in [2.45, 2.75) is 38.3 Å². The molecule has 1 fully saturated rings. The van der Waals surface area contributed by atoms with E-state index in [0.29, 0.717) is 23.9 Å². The summed E-state index contributed by atoms with van der Waals surface area (Å²) in [5.74, 6) is 1.29. The molecule has 4 aromatic rings. The Bertz CT molecular complexity index is 1520. The number of carbonyl (C=O) groups is 1. The van der Waals surface area contributed by atoms with Crippen molar-refractivity contribution in [3.05, 3.63) is 118 Å². The highest BCUT2D eigenvalue weighted by Gasteiger charge is 2.21. The van der Waals surface area contributed by atoms with Crippen LogP contribution in [0.1, 0.15) is 36.3 Å². The van der Waals surface area contributed by atoms with Crippen LogP contribution in [-0.4, -0.2) is 72.3 Å². The molecule has 228 valence electrons. The fourth-order valence-electron chi connectivity index (χ4n) is 5.55. The smallest absolute Gasteiger partial charge is 0.407 e. The Morgan fingerprint density at radius 2 is 1.70 bits per heavy atom. The van der Waals surface area contributed by atoms with Gasteiger partial charge in [-0.15, -0.1) is 10.2 Å². The average Bonchev–Trinajstić information content (AvgIpc) is 3.53. The van der Waals surface area contributed by atoms with E-state index >= 15 is 0 Å². The molecular formula is C33H37N7O4. The minimum Gasteiger partial charge on any atom is -0.465 e. The van der Waals surface area contributed by atoms with Gasteiger partial charge in [-0.1, -0.05) is 84.9 Å². The van der Waals surface area contributed by atoms with Crippen molar-refractivity contribution in [3.8, 4) is 11.4 Å². The van der Waals surface area contributed by atoms with E-state index in [4.69, 9.17) is 0 Å². The summed E-state index contributed by atoms with van der Waals surface area (Å²) in [6.07, 6.45) is 6.06. The van der Waals surface area contributed by atoms with E-state index in [-0.39, 0.29) is 24.7 Å². The number of rotatable bonds is 13. The van der Waals surface area contributed by atoms with Gasteiger partial charge in [0.25, 0.3) is 5.69 Å². The quantitative estimate of drug-likeness (QED) is 0.115. The minimum absolute atomic E-state index is 0.0120. The zero-order chi connectivity index (χ0) is 30.7. The van der Waals surface area contributed by atoms with Crippen molar-refractivity contribution in [1.82, 2.24) is 30.0 Å². The second-order valence-corrected chi connectivity index (χ2v) is 11.1. The van der Waals surface area contributed by atoms with Crippen molar-refractivity contribution >= 4 is 11.8 Å². The molecule has 1 amide bonds. The lowest BCUT2D eigenvalue weighted by atomic mass is 9.93. The topological polar surface area (TPSA) is 131 Å². The number of hydrogen-bond acceptors (Lipinski definition) is 7. The van der Waals surface area contributed by atoms with E-state index in [0.717, 1.165) is 44.5 Å². The number of piperidine rings is 1. The van der Waals surface area contributed by atoms with Gasteiger partial charge in [0.2, 0.25) is 5.82 Å². The Labute approximate surface area is 256 Å². The molecular weight excluding hydrogens is 558 g/mol. The van der Waals surface area contributed by atoms with Crippen LogP contribution in [0.3, 0.4) is 0 Å². The first-order chi connectivity index (χ1) is 21.4. The first-order valence-electron chi connectivity index (χ1n) is 14.9. The fourth-order valence-corrected chi connectivity index (χ4v) is 5.55. The molecule has 1 aliphatic rings. The normalized spacial score (nSPS) is 14.9. The number of nitrogens with zero attached hydrogens (tertiary/aromatic N) is 7. The Balaban J connectivity index is 1.10. The van der Waals surface area contributed by atoms with Crippen molar-refractivity contribution in [3.63, 3.8) is 0 Å². The number of aromatic nitrogens is 4. The number of likely N-dealkylation sites (tertiary alicyclic amines) is 1. The van der Waals surface area contributed by atoms with Crippen LogP contribution in [0.5, 0.6) is 0 Å². The first kappa shape index (κ1) is 30.6. The maximum absolute atomic E-state index is 11.8. The van der Waals surface area contributed by atoms with Crippen LogP contribution in [0, 0.1) is 16.0 Å². The number of nitro groups is 1. The molecule has 1 saturated heterocycles. The van der Waals surface area contributed by atoms with Crippen LogP contribution in [0.4, 0.5) is 10.5 Å². The van der Waals surface area contributed by atoms with E-state index in [9.17, 15) is 20.0 Å². The summed E-state index contributed by atoms with van der Waals surface area (Å²) in [6.45, 7) is 4.05. The second-order valence-electron chi connectivity index (χ2n) is 11.1. The number of non-ortho nitro benzene ring substituents is 1. The van der Waals surface area contributed by atoms with Crippen LogP contribution in [0.25, 0.3) is 11.4 Å². The number of nitro benzene ring substituents is 1. The molecule has 1 aliphatic heterocycles. The zero-order valence-corrected chi connectivity index (χ0v) is 24.6. The lowest BCUT2D eigenvalue weighted by Gasteiger charge is -2.32. The summed E-state index contributed by atoms with van der Waals surface area (Å²) in [5.41, 5.74) is 2.92. The molecule has 0 spiro atoms. The second kappa shape index (κ2) is 15.0. The lowest BCUT2D eigenvalue weighted by Crippen LogP contribution is -2.35. The summed E-state index contributed by atoms with van der Waals surface area (Å²) in [4.78, 5) is 27.7. The zero-order valence-electron chi connectivity index (χ0n) is 24.6. The summed E-state index contributed by atoms with van der Waals surface area (Å²) >= 11 is 0. The van der Waals surface area contributed by atoms with Crippen LogP contribution >= 0.6 is 0 Å². The Hall–Kier alpha value is -4.90. The van der Waals surface area contributed by atoms with E-state index in [1.807, 2.05) is 42.5 Å². The van der Waals surface area contributed by atoms with E-state index in [1.54, 1.807) is 16.9 Å². The molecule has 1 aromatic heterocycles. The SMILES string of the molecule is O=C(O)N(CC=CC1CCN(CCC(Cn2nnc(-c3ccccc3)n2)c2ccccc2)CC1)Cc1ccc([N+](=O)[O-])cc1. The molecule has 3 aromatic carbocycles. The predicted octanol–water partition coefficient (Wildman–Crippen LogP) is 5.87. The summed E-state index contributed by atoms with van der Waals surface area (Å²) in [5, 5.41) is 33.8. The van der Waals surface area contributed by atoms with Crippen molar-refractivity contribution in [2.24, 2.45) is 5.92 Å². The highest BCUT2D eigenvalue weighted by Crippen LogP contribution is 2.25. The maximum Gasteiger partial charge on any atom is 0.407 e. The van der Waals surface area contributed by atoms with E-state index < -0.39 is 11.0 Å². The molecule has 1 atom stereocenters. The highest BCUT2D eigenvalue weighted by molar-refractivity contribution is 5.65. The van der Waals surface area contributed by atoms with Gasteiger partial charge in [0.15, 0.2) is 0 Å². The van der Waals surface area contributed by atoms with Gasteiger partial charge in [-0.3, -0.25) is 10.1 Å². The minimum atomic E-state index is -1.02. The summed E-state index contributed by atoms with van der Waals surface area (Å²) in [7, 11) is 0. The maximum atomic E-state index is 11.8. The highest BCUT2D eigenvalue weighted by atomic mass is 16.6. The molecule has 1 N–H and O–H groups in total. The third kappa shape index (κ3) is 8.57. The standard InChI is InChI=1S/C33H37N7O4/c41-33(42)38(24-27-13-15-31(16-14-27)40(43)44)20-7-8-26-17-21-37(22-18-26)23-19-30(28-9-3-1-4-10-28)25-39-35-32(34-36-39)29-11-5-2-6-12-29/h1-16,26,30H,17-25H2,(H,41,42). The molecule has 44 heavy (non-hydrogen) atoms. The van der Waals surface area contributed by atoms with Gasteiger partial charge in [-0.25, -0.2) is 4.79 Å². The number of allylic oxidation sites excluding steroid dienone is 1. The molecule has 11 heteroatoms. The lowest BCUT2D eigenvalue weighted by molar-refractivity contribution is -0.384. The Kier molecular flexibility index (Phi) is 10.4.